The van der Waals surface area contributed by atoms with Gasteiger partial charge in [-0.1, -0.05) is 12.1 Å². The largest absolute Gasteiger partial charge is 0.486 e. The molecule has 0 bridgehead atoms. The van der Waals surface area contributed by atoms with Crippen molar-refractivity contribution in [3.8, 4) is 5.75 Å². The van der Waals surface area contributed by atoms with Crippen LogP contribution in [-0.2, 0) is 15.7 Å². The lowest BCUT2D eigenvalue weighted by atomic mass is 10.2. The summed E-state index contributed by atoms with van der Waals surface area (Å²) < 4.78 is 53.6. The Morgan fingerprint density at radius 2 is 1.70 bits per heavy atom. The van der Waals surface area contributed by atoms with Gasteiger partial charge in [0, 0.05) is 10.7 Å². The van der Waals surface area contributed by atoms with E-state index in [1.165, 1.54) is 30.3 Å². The van der Waals surface area contributed by atoms with Crippen LogP contribution in [0.2, 0.25) is 0 Å². The van der Waals surface area contributed by atoms with Gasteiger partial charge in [-0.25, -0.2) is 17.2 Å². The highest BCUT2D eigenvalue weighted by atomic mass is 35.7. The normalized spacial score (nSPS) is 11.3. The fourth-order valence-corrected chi connectivity index (χ4v) is 2.25. The third-order valence-corrected chi connectivity index (χ3v) is 3.84. The number of rotatable bonds is 4. The second-order valence-electron chi connectivity index (χ2n) is 3.95. The molecule has 20 heavy (non-hydrogen) atoms. The predicted molar refractivity (Wildman–Crippen MR) is 70.2 cm³/mol. The summed E-state index contributed by atoms with van der Waals surface area (Å²) in [5.41, 5.74) is 0.653. The van der Waals surface area contributed by atoms with Gasteiger partial charge in [-0.15, -0.1) is 0 Å². The molecule has 0 spiro atoms. The van der Waals surface area contributed by atoms with Gasteiger partial charge < -0.3 is 4.74 Å². The average molecular weight is 319 g/mol. The predicted octanol–water partition coefficient (Wildman–Crippen LogP) is 3.47. The highest BCUT2D eigenvalue weighted by molar-refractivity contribution is 8.13. The standard InChI is InChI=1S/C13H9ClF2O3S/c14-20(17,18)11-5-6-13(12(16)7-11)19-8-9-1-3-10(15)4-2-9/h1-7H,8H2. The molecule has 0 aromatic heterocycles. The summed E-state index contributed by atoms with van der Waals surface area (Å²) in [7, 11) is 1.12. The second-order valence-corrected chi connectivity index (χ2v) is 6.51. The third kappa shape index (κ3) is 3.68. The van der Waals surface area contributed by atoms with E-state index in [9.17, 15) is 17.2 Å². The maximum Gasteiger partial charge on any atom is 0.261 e. The van der Waals surface area contributed by atoms with E-state index < -0.39 is 14.9 Å². The molecule has 2 aromatic rings. The Hall–Kier alpha value is -1.66. The van der Waals surface area contributed by atoms with E-state index >= 15 is 0 Å². The number of benzene rings is 2. The van der Waals surface area contributed by atoms with Gasteiger partial charge in [0.1, 0.15) is 12.4 Å². The number of hydrogen-bond donors (Lipinski definition) is 0. The molecule has 2 aromatic carbocycles. The lowest BCUT2D eigenvalue weighted by molar-refractivity contribution is 0.289. The van der Waals surface area contributed by atoms with Crippen molar-refractivity contribution in [3.05, 3.63) is 59.7 Å². The van der Waals surface area contributed by atoms with E-state index in [-0.39, 0.29) is 23.1 Å². The average Bonchev–Trinajstić information content (AvgIpc) is 2.38. The molecule has 0 aliphatic heterocycles. The summed E-state index contributed by atoms with van der Waals surface area (Å²) >= 11 is 0. The third-order valence-electron chi connectivity index (χ3n) is 2.49. The molecule has 2 rings (SSSR count). The van der Waals surface area contributed by atoms with Crippen LogP contribution in [0.25, 0.3) is 0 Å². The van der Waals surface area contributed by atoms with E-state index in [4.69, 9.17) is 15.4 Å². The Bertz CT molecular complexity index is 715. The van der Waals surface area contributed by atoms with Crippen molar-refractivity contribution >= 4 is 19.7 Å². The Labute approximate surface area is 119 Å². The Morgan fingerprint density at radius 3 is 2.25 bits per heavy atom. The van der Waals surface area contributed by atoms with Gasteiger partial charge in [-0.05, 0) is 35.9 Å². The van der Waals surface area contributed by atoms with Gasteiger partial charge in [0.2, 0.25) is 0 Å². The molecule has 0 amide bonds. The first-order valence-corrected chi connectivity index (χ1v) is 7.78. The summed E-state index contributed by atoms with van der Waals surface area (Å²) in [6, 6.07) is 8.63. The van der Waals surface area contributed by atoms with Crippen molar-refractivity contribution in [3.63, 3.8) is 0 Å². The van der Waals surface area contributed by atoms with E-state index in [2.05, 4.69) is 0 Å². The fourth-order valence-electron chi connectivity index (χ4n) is 1.49. The molecule has 0 saturated heterocycles. The summed E-state index contributed by atoms with van der Waals surface area (Å²) in [4.78, 5) is -0.342. The lowest BCUT2D eigenvalue weighted by Gasteiger charge is -2.08. The van der Waals surface area contributed by atoms with Crippen LogP contribution in [0.3, 0.4) is 0 Å². The molecular weight excluding hydrogens is 310 g/mol. The van der Waals surface area contributed by atoms with Crippen molar-refractivity contribution in [1.29, 1.82) is 0 Å². The van der Waals surface area contributed by atoms with Crippen LogP contribution in [0.4, 0.5) is 8.78 Å². The summed E-state index contributed by atoms with van der Waals surface area (Å²) in [6.07, 6.45) is 0. The van der Waals surface area contributed by atoms with Crippen LogP contribution in [-0.4, -0.2) is 8.42 Å². The Kier molecular flexibility index (Phi) is 4.25. The minimum Gasteiger partial charge on any atom is -0.486 e. The zero-order chi connectivity index (χ0) is 14.8. The minimum absolute atomic E-state index is 0.0319. The van der Waals surface area contributed by atoms with Crippen molar-refractivity contribution in [2.24, 2.45) is 0 Å². The van der Waals surface area contributed by atoms with Crippen LogP contribution in [0.15, 0.2) is 47.4 Å². The van der Waals surface area contributed by atoms with Gasteiger partial charge in [0.15, 0.2) is 11.6 Å². The highest BCUT2D eigenvalue weighted by Gasteiger charge is 2.13. The first-order valence-electron chi connectivity index (χ1n) is 5.48. The first-order chi connectivity index (χ1) is 9.36. The zero-order valence-electron chi connectivity index (χ0n) is 10.0. The van der Waals surface area contributed by atoms with E-state index in [1.807, 2.05) is 0 Å². The second kappa shape index (κ2) is 5.76. The van der Waals surface area contributed by atoms with Crippen molar-refractivity contribution in [2.75, 3.05) is 0 Å². The molecular formula is C13H9ClF2O3S. The molecule has 0 fully saturated rings. The maximum atomic E-state index is 13.6. The van der Waals surface area contributed by atoms with Crippen molar-refractivity contribution in [2.45, 2.75) is 11.5 Å². The van der Waals surface area contributed by atoms with E-state index in [1.54, 1.807) is 0 Å². The molecule has 0 radical (unpaired) electrons. The van der Waals surface area contributed by atoms with Crippen LogP contribution < -0.4 is 4.74 Å². The minimum atomic E-state index is -3.98. The summed E-state index contributed by atoms with van der Waals surface area (Å²) in [5.74, 6) is -1.33. The van der Waals surface area contributed by atoms with Crippen LogP contribution >= 0.6 is 10.7 Å². The number of hydrogen-bond acceptors (Lipinski definition) is 3. The fraction of sp³-hybridized carbons (Fsp3) is 0.0769. The highest BCUT2D eigenvalue weighted by Crippen LogP contribution is 2.24. The van der Waals surface area contributed by atoms with Gasteiger partial charge in [0.05, 0.1) is 4.90 Å². The molecule has 7 heteroatoms. The molecule has 0 saturated carbocycles. The quantitative estimate of drug-likeness (QED) is 0.811. The first kappa shape index (κ1) is 14.7. The molecule has 0 aliphatic carbocycles. The Morgan fingerprint density at radius 1 is 1.05 bits per heavy atom. The lowest BCUT2D eigenvalue weighted by Crippen LogP contribution is -1.99. The molecule has 106 valence electrons. The smallest absolute Gasteiger partial charge is 0.261 e. The maximum absolute atomic E-state index is 13.6. The van der Waals surface area contributed by atoms with Crippen LogP contribution in [0, 0.1) is 11.6 Å². The molecule has 0 N–H and O–H groups in total. The van der Waals surface area contributed by atoms with Crippen molar-refractivity contribution < 1.29 is 21.9 Å². The summed E-state index contributed by atoms with van der Waals surface area (Å²) in [5, 5.41) is 0. The Balaban J connectivity index is 2.12. The van der Waals surface area contributed by atoms with E-state index in [0.717, 1.165) is 12.1 Å². The topological polar surface area (TPSA) is 43.4 Å². The van der Waals surface area contributed by atoms with Crippen LogP contribution in [0.5, 0.6) is 5.75 Å². The number of halogens is 3. The van der Waals surface area contributed by atoms with Gasteiger partial charge in [-0.3, -0.25) is 0 Å². The molecule has 0 unspecified atom stereocenters. The van der Waals surface area contributed by atoms with Gasteiger partial charge in [-0.2, -0.15) is 0 Å². The molecule has 0 aliphatic rings. The zero-order valence-corrected chi connectivity index (χ0v) is 11.6. The van der Waals surface area contributed by atoms with E-state index in [0.29, 0.717) is 5.56 Å². The summed E-state index contributed by atoms with van der Waals surface area (Å²) in [6.45, 7) is 0.0319. The SMILES string of the molecule is O=S(=O)(Cl)c1ccc(OCc2ccc(F)cc2)c(F)c1. The van der Waals surface area contributed by atoms with Gasteiger partial charge in [0.25, 0.3) is 9.05 Å². The monoisotopic (exact) mass is 318 g/mol. The van der Waals surface area contributed by atoms with Crippen LogP contribution in [0.1, 0.15) is 5.56 Å². The molecule has 0 atom stereocenters. The van der Waals surface area contributed by atoms with Crippen molar-refractivity contribution in [1.82, 2.24) is 0 Å². The molecule has 0 heterocycles. The number of ether oxygens (including phenoxy) is 1. The molecule has 3 nitrogen and oxygen atoms in total. The van der Waals surface area contributed by atoms with Gasteiger partial charge >= 0.3 is 0 Å².